The van der Waals surface area contributed by atoms with E-state index in [1.165, 1.54) is 0 Å². The summed E-state index contributed by atoms with van der Waals surface area (Å²) in [4.78, 5) is 17.3. The Morgan fingerprint density at radius 1 is 1.11 bits per heavy atom. The van der Waals surface area contributed by atoms with Crippen LogP contribution in [0.25, 0.3) is 0 Å². The maximum Gasteiger partial charge on any atom is 0.244 e. The molecule has 0 radical (unpaired) electrons. The van der Waals surface area contributed by atoms with Crippen molar-refractivity contribution in [1.29, 1.82) is 0 Å². The van der Waals surface area contributed by atoms with E-state index in [2.05, 4.69) is 24.4 Å². The van der Waals surface area contributed by atoms with Gasteiger partial charge in [0.2, 0.25) is 11.8 Å². The Morgan fingerprint density at radius 2 is 1.89 bits per heavy atom. The molecule has 1 aromatic heterocycles. The van der Waals surface area contributed by atoms with Gasteiger partial charge in [-0.05, 0) is 35.7 Å². The number of aromatic nitrogens is 1. The van der Waals surface area contributed by atoms with Gasteiger partial charge in [0.15, 0.2) is 0 Å². The largest absolute Gasteiger partial charge is 0.474 e. The zero-order valence-electron chi connectivity index (χ0n) is 15.8. The van der Waals surface area contributed by atoms with Crippen LogP contribution in [0.1, 0.15) is 29.8 Å². The van der Waals surface area contributed by atoms with Crippen LogP contribution in [0.15, 0.2) is 77.9 Å². The molecule has 3 aromatic rings. The summed E-state index contributed by atoms with van der Waals surface area (Å²) >= 11 is 0. The lowest BCUT2D eigenvalue weighted by Gasteiger charge is -2.12. The molecule has 1 aliphatic rings. The minimum Gasteiger partial charge on any atom is -0.474 e. The molecule has 5 nitrogen and oxygen atoms in total. The van der Waals surface area contributed by atoms with Gasteiger partial charge in [0.1, 0.15) is 24.9 Å². The highest BCUT2D eigenvalue weighted by Crippen LogP contribution is 2.25. The average molecular weight is 373 g/mol. The first-order chi connectivity index (χ1) is 13.7. The van der Waals surface area contributed by atoms with Crippen molar-refractivity contribution in [2.75, 3.05) is 11.9 Å². The van der Waals surface area contributed by atoms with Gasteiger partial charge in [0.25, 0.3) is 0 Å². The van der Waals surface area contributed by atoms with Gasteiger partial charge >= 0.3 is 0 Å². The quantitative estimate of drug-likeness (QED) is 0.704. The maximum atomic E-state index is 12.6. The Balaban J connectivity index is 1.48. The molecule has 28 heavy (non-hydrogen) atoms. The van der Waals surface area contributed by atoms with Gasteiger partial charge in [-0.15, -0.1) is 0 Å². The summed E-state index contributed by atoms with van der Waals surface area (Å²) in [5.41, 5.74) is 3.93. The summed E-state index contributed by atoms with van der Waals surface area (Å²) in [6.45, 7) is 2.80. The van der Waals surface area contributed by atoms with Gasteiger partial charge in [-0.1, -0.05) is 55.5 Å². The zero-order chi connectivity index (χ0) is 19.3. The summed E-state index contributed by atoms with van der Waals surface area (Å²) in [7, 11) is 0. The van der Waals surface area contributed by atoms with Crippen molar-refractivity contribution < 1.29 is 9.53 Å². The van der Waals surface area contributed by atoms with Crippen LogP contribution < -0.4 is 5.32 Å². The van der Waals surface area contributed by atoms with Crippen LogP contribution in [0.4, 0.5) is 5.69 Å². The second-order valence-corrected chi connectivity index (χ2v) is 6.75. The minimum absolute atomic E-state index is 0.00944. The van der Waals surface area contributed by atoms with Crippen molar-refractivity contribution in [3.05, 3.63) is 89.7 Å². The third-order valence-electron chi connectivity index (χ3n) is 4.87. The molecule has 2 aromatic carbocycles. The number of benzene rings is 2. The lowest BCUT2D eigenvalue weighted by atomic mass is 10.1. The van der Waals surface area contributed by atoms with Gasteiger partial charge in [0, 0.05) is 11.9 Å². The molecule has 142 valence electrons. The molecule has 2 heterocycles. The number of carbonyl (C=O) groups is 1. The highest BCUT2D eigenvalue weighted by molar-refractivity contribution is 5.95. The Kier molecular flexibility index (Phi) is 5.24. The smallest absolute Gasteiger partial charge is 0.244 e. The van der Waals surface area contributed by atoms with Crippen LogP contribution in [0, 0.1) is 0 Å². The number of aliphatic imine (C=N–C) groups is 1. The van der Waals surface area contributed by atoms with Crippen LogP contribution >= 0.6 is 0 Å². The minimum atomic E-state index is -0.0726. The zero-order valence-corrected chi connectivity index (χ0v) is 15.8. The third-order valence-corrected chi connectivity index (χ3v) is 4.87. The predicted octanol–water partition coefficient (Wildman–Crippen LogP) is 4.21. The van der Waals surface area contributed by atoms with Crippen LogP contribution in [-0.4, -0.2) is 23.0 Å². The number of nitrogens with one attached hydrogen (secondary N) is 1. The number of nitrogens with zero attached hydrogens (tertiary/aromatic N) is 2. The number of carbonyl (C=O) groups excluding carboxylic acids is 1. The van der Waals surface area contributed by atoms with Crippen LogP contribution in [0.3, 0.4) is 0 Å². The summed E-state index contributed by atoms with van der Waals surface area (Å²) in [6.07, 6.45) is 2.75. The van der Waals surface area contributed by atoms with Crippen molar-refractivity contribution >= 4 is 17.5 Å². The third kappa shape index (κ3) is 3.83. The van der Waals surface area contributed by atoms with E-state index in [-0.39, 0.29) is 18.5 Å². The maximum absolute atomic E-state index is 12.6. The highest BCUT2D eigenvalue weighted by Gasteiger charge is 2.23. The lowest BCUT2D eigenvalue weighted by molar-refractivity contribution is -0.116. The van der Waals surface area contributed by atoms with Gasteiger partial charge < -0.3 is 14.6 Å². The van der Waals surface area contributed by atoms with Gasteiger partial charge in [0.05, 0.1) is 0 Å². The number of para-hydroxylation sites is 1. The molecule has 4 rings (SSSR count). The summed E-state index contributed by atoms with van der Waals surface area (Å²) in [5.74, 6) is 0.511. The van der Waals surface area contributed by atoms with Crippen LogP contribution in [0.2, 0.25) is 0 Å². The molecule has 1 N–H and O–H groups in total. The molecular formula is C23H23N3O2. The second kappa shape index (κ2) is 8.13. The molecule has 0 bridgehead atoms. The average Bonchev–Trinajstić information content (AvgIpc) is 3.38. The lowest BCUT2D eigenvalue weighted by Crippen LogP contribution is -2.21. The topological polar surface area (TPSA) is 55.6 Å². The SMILES string of the molecule is CCc1ccccc1NC(=O)Cn1cccc1C1=N[C@@H](c2ccccc2)CO1. The first kappa shape index (κ1) is 18.0. The van der Waals surface area contributed by atoms with E-state index in [1.807, 2.05) is 65.4 Å². The molecular weight excluding hydrogens is 350 g/mol. The monoisotopic (exact) mass is 373 g/mol. The summed E-state index contributed by atoms with van der Waals surface area (Å²) in [6, 6.07) is 21.8. The molecule has 0 unspecified atom stereocenters. The first-order valence-corrected chi connectivity index (χ1v) is 9.53. The van der Waals surface area contributed by atoms with Crippen LogP contribution in [-0.2, 0) is 22.5 Å². The molecule has 0 fully saturated rings. The molecule has 1 amide bonds. The van der Waals surface area contributed by atoms with Crippen molar-refractivity contribution in [2.24, 2.45) is 4.99 Å². The molecule has 0 aliphatic carbocycles. The number of rotatable bonds is 6. The van der Waals surface area contributed by atoms with Crippen LogP contribution in [0.5, 0.6) is 0 Å². The van der Waals surface area contributed by atoms with Gasteiger partial charge in [-0.25, -0.2) is 4.99 Å². The van der Waals surface area contributed by atoms with E-state index >= 15 is 0 Å². The molecule has 0 spiro atoms. The van der Waals surface area contributed by atoms with E-state index in [4.69, 9.17) is 9.73 Å². The molecule has 1 aliphatic heterocycles. The Morgan fingerprint density at radius 3 is 2.71 bits per heavy atom. The molecule has 5 heteroatoms. The van der Waals surface area contributed by atoms with E-state index < -0.39 is 0 Å². The van der Waals surface area contributed by atoms with Crippen molar-refractivity contribution in [1.82, 2.24) is 4.57 Å². The fourth-order valence-electron chi connectivity index (χ4n) is 3.40. The number of ether oxygens (including phenoxy) is 1. The summed E-state index contributed by atoms with van der Waals surface area (Å²) in [5, 5.41) is 3.01. The number of hydrogen-bond donors (Lipinski definition) is 1. The van der Waals surface area contributed by atoms with Gasteiger partial charge in [-0.2, -0.15) is 0 Å². The van der Waals surface area contributed by atoms with Crippen molar-refractivity contribution in [3.8, 4) is 0 Å². The second-order valence-electron chi connectivity index (χ2n) is 6.75. The van der Waals surface area contributed by atoms with E-state index in [1.54, 1.807) is 0 Å². The van der Waals surface area contributed by atoms with Gasteiger partial charge in [-0.3, -0.25) is 4.79 Å². The van der Waals surface area contributed by atoms with E-state index in [9.17, 15) is 4.79 Å². The highest BCUT2D eigenvalue weighted by atomic mass is 16.5. The van der Waals surface area contributed by atoms with E-state index in [0.29, 0.717) is 12.5 Å². The Hall–Kier alpha value is -3.34. The molecule has 1 atom stereocenters. The normalized spacial score (nSPS) is 15.8. The molecule has 0 saturated heterocycles. The molecule has 0 saturated carbocycles. The predicted molar refractivity (Wildman–Crippen MR) is 111 cm³/mol. The summed E-state index contributed by atoms with van der Waals surface area (Å²) < 4.78 is 7.71. The van der Waals surface area contributed by atoms with Crippen molar-refractivity contribution in [3.63, 3.8) is 0 Å². The standard InChI is InChI=1S/C23H23N3O2/c1-2-17-9-6-7-12-19(17)24-22(27)15-26-14-8-13-21(26)23-25-20(16-28-23)18-10-4-3-5-11-18/h3-14,20H,2,15-16H2,1H3,(H,24,27)/t20-/m1/s1. The Bertz CT molecular complexity index is 992. The number of aryl methyl sites for hydroxylation is 1. The van der Waals surface area contributed by atoms with E-state index in [0.717, 1.165) is 28.9 Å². The number of hydrogen-bond acceptors (Lipinski definition) is 3. The number of anilines is 1. The van der Waals surface area contributed by atoms with Crippen molar-refractivity contribution in [2.45, 2.75) is 25.9 Å². The fraction of sp³-hybridized carbons (Fsp3) is 0.217. The first-order valence-electron chi connectivity index (χ1n) is 9.53. The fourth-order valence-corrected chi connectivity index (χ4v) is 3.40. The number of amides is 1. The Labute approximate surface area is 164 Å².